The van der Waals surface area contributed by atoms with Crippen LogP contribution in [0.15, 0.2) is 65.6 Å². The van der Waals surface area contributed by atoms with Gasteiger partial charge in [0.15, 0.2) is 5.69 Å². The van der Waals surface area contributed by atoms with E-state index < -0.39 is 23.5 Å². The standard InChI is InChI=1S/C25H21F3N6O2/c1-5-31(4)23(35)33-22(21-13-14-30-34(21)19-11-9-18(29-3)10-12-19)16(2)32(24(33)36)20-8-6-7-17(15-20)25(26,27)28/h6-15H,5H2,1-2,4H3. The molecule has 0 radical (unpaired) electrons. The van der Waals surface area contributed by atoms with Crippen molar-refractivity contribution >= 4 is 11.7 Å². The van der Waals surface area contributed by atoms with Crippen molar-refractivity contribution in [1.82, 2.24) is 23.8 Å². The van der Waals surface area contributed by atoms with E-state index in [1.807, 2.05) is 0 Å². The van der Waals surface area contributed by atoms with Crippen molar-refractivity contribution in [3.8, 4) is 22.8 Å². The second kappa shape index (κ2) is 9.22. The van der Waals surface area contributed by atoms with Crippen molar-refractivity contribution in [2.45, 2.75) is 20.0 Å². The molecule has 0 unspecified atom stereocenters. The van der Waals surface area contributed by atoms with E-state index in [2.05, 4.69) is 9.94 Å². The van der Waals surface area contributed by atoms with Crippen LogP contribution in [0.1, 0.15) is 18.2 Å². The Kier molecular flexibility index (Phi) is 6.28. The molecule has 36 heavy (non-hydrogen) atoms. The van der Waals surface area contributed by atoms with E-state index in [4.69, 9.17) is 6.57 Å². The second-order valence-electron chi connectivity index (χ2n) is 7.99. The highest BCUT2D eigenvalue weighted by atomic mass is 19.4. The first-order chi connectivity index (χ1) is 17.1. The highest BCUT2D eigenvalue weighted by molar-refractivity contribution is 5.83. The topological polar surface area (TPSA) is 69.4 Å². The van der Waals surface area contributed by atoms with Crippen LogP contribution in [0.5, 0.6) is 0 Å². The lowest BCUT2D eigenvalue weighted by Gasteiger charge is -2.16. The van der Waals surface area contributed by atoms with Gasteiger partial charge in [-0.1, -0.05) is 18.2 Å². The Balaban J connectivity index is 2.00. The Morgan fingerprint density at radius 2 is 1.81 bits per heavy atom. The molecular weight excluding hydrogens is 473 g/mol. The summed E-state index contributed by atoms with van der Waals surface area (Å²) >= 11 is 0. The Hall–Kier alpha value is -4.59. The number of aromatic nitrogens is 4. The number of hydrogen-bond acceptors (Lipinski definition) is 3. The minimum Gasteiger partial charge on any atom is -0.327 e. The molecule has 184 valence electrons. The monoisotopic (exact) mass is 494 g/mol. The zero-order valence-corrected chi connectivity index (χ0v) is 19.6. The summed E-state index contributed by atoms with van der Waals surface area (Å²) < 4.78 is 43.7. The maximum atomic E-state index is 13.6. The number of imidazole rings is 1. The number of halogens is 3. The minimum absolute atomic E-state index is 0.0215. The van der Waals surface area contributed by atoms with Crippen molar-refractivity contribution in [2.75, 3.05) is 13.6 Å². The Morgan fingerprint density at radius 1 is 1.11 bits per heavy atom. The first-order valence-electron chi connectivity index (χ1n) is 10.9. The molecule has 11 heteroatoms. The van der Waals surface area contributed by atoms with E-state index >= 15 is 0 Å². The Morgan fingerprint density at radius 3 is 2.42 bits per heavy atom. The smallest absolute Gasteiger partial charge is 0.327 e. The van der Waals surface area contributed by atoms with Crippen LogP contribution in [-0.4, -0.2) is 43.4 Å². The Labute approximate surface area is 204 Å². The van der Waals surface area contributed by atoms with Gasteiger partial charge in [0.2, 0.25) is 0 Å². The maximum Gasteiger partial charge on any atom is 0.416 e. The van der Waals surface area contributed by atoms with Gasteiger partial charge in [-0.3, -0.25) is 4.57 Å². The maximum absolute atomic E-state index is 13.6. The normalized spacial score (nSPS) is 11.4. The van der Waals surface area contributed by atoms with Gasteiger partial charge in [0.25, 0.3) is 0 Å². The average Bonchev–Trinajstić information content (AvgIpc) is 3.44. The van der Waals surface area contributed by atoms with Crippen molar-refractivity contribution in [2.24, 2.45) is 0 Å². The number of nitrogens with zero attached hydrogens (tertiary/aromatic N) is 6. The van der Waals surface area contributed by atoms with Crippen LogP contribution in [0.3, 0.4) is 0 Å². The molecule has 2 aromatic carbocycles. The van der Waals surface area contributed by atoms with Crippen LogP contribution >= 0.6 is 0 Å². The third-order valence-corrected chi connectivity index (χ3v) is 5.82. The van der Waals surface area contributed by atoms with Crippen LogP contribution in [-0.2, 0) is 6.18 Å². The number of benzene rings is 2. The van der Waals surface area contributed by atoms with E-state index in [1.165, 1.54) is 35.0 Å². The van der Waals surface area contributed by atoms with E-state index in [9.17, 15) is 22.8 Å². The fourth-order valence-corrected chi connectivity index (χ4v) is 3.87. The van der Waals surface area contributed by atoms with Gasteiger partial charge in [0.1, 0.15) is 5.69 Å². The van der Waals surface area contributed by atoms with Gasteiger partial charge < -0.3 is 4.90 Å². The molecule has 0 aliphatic heterocycles. The molecule has 0 atom stereocenters. The summed E-state index contributed by atoms with van der Waals surface area (Å²) in [5.41, 5.74) is 0.0901. The molecule has 1 amide bonds. The number of alkyl halides is 3. The predicted molar refractivity (Wildman–Crippen MR) is 128 cm³/mol. The van der Waals surface area contributed by atoms with E-state index in [0.29, 0.717) is 23.6 Å². The SMILES string of the molecule is [C-]#[N+]c1ccc(-n2nccc2-c2c(C)n(-c3cccc(C(F)(F)F)c3)c(=O)n2C(=O)N(C)CC)cc1. The van der Waals surface area contributed by atoms with Gasteiger partial charge in [-0.15, -0.1) is 0 Å². The lowest BCUT2D eigenvalue weighted by atomic mass is 10.2. The molecule has 0 aliphatic rings. The fourth-order valence-electron chi connectivity index (χ4n) is 3.87. The van der Waals surface area contributed by atoms with Gasteiger partial charge in [0, 0.05) is 13.6 Å². The van der Waals surface area contributed by atoms with Gasteiger partial charge >= 0.3 is 17.9 Å². The van der Waals surface area contributed by atoms with Gasteiger partial charge in [0.05, 0.1) is 41.1 Å². The largest absolute Gasteiger partial charge is 0.416 e. The highest BCUT2D eigenvalue weighted by Crippen LogP contribution is 2.32. The highest BCUT2D eigenvalue weighted by Gasteiger charge is 2.32. The van der Waals surface area contributed by atoms with Crippen LogP contribution in [0.4, 0.5) is 23.7 Å². The zero-order chi connectivity index (χ0) is 26.2. The molecule has 0 saturated carbocycles. The minimum atomic E-state index is -4.60. The Bertz CT molecular complexity index is 1540. The molecule has 0 saturated heterocycles. The molecule has 8 nitrogen and oxygen atoms in total. The van der Waals surface area contributed by atoms with E-state index in [-0.39, 0.29) is 17.1 Å². The zero-order valence-electron chi connectivity index (χ0n) is 19.6. The average molecular weight is 494 g/mol. The molecule has 4 aromatic rings. The number of rotatable bonds is 4. The van der Waals surface area contributed by atoms with Gasteiger partial charge in [-0.25, -0.2) is 23.7 Å². The molecule has 2 heterocycles. The van der Waals surface area contributed by atoms with Gasteiger partial charge in [-0.05, 0) is 50.2 Å². The molecular formula is C25H21F3N6O2. The number of amides is 1. The first-order valence-corrected chi connectivity index (χ1v) is 10.9. The predicted octanol–water partition coefficient (Wildman–Crippen LogP) is 5.29. The lowest BCUT2D eigenvalue weighted by Crippen LogP contribution is -2.38. The van der Waals surface area contributed by atoms with E-state index in [1.54, 1.807) is 44.2 Å². The summed E-state index contributed by atoms with van der Waals surface area (Å²) in [4.78, 5) is 31.6. The summed E-state index contributed by atoms with van der Waals surface area (Å²) in [6.07, 6.45) is -3.12. The number of hydrogen-bond donors (Lipinski definition) is 0. The molecule has 2 aromatic heterocycles. The van der Waals surface area contributed by atoms with Crippen molar-refractivity contribution < 1.29 is 18.0 Å². The number of carbonyl (C=O) groups is 1. The third kappa shape index (κ3) is 4.17. The van der Waals surface area contributed by atoms with Crippen LogP contribution in [0.2, 0.25) is 0 Å². The fraction of sp³-hybridized carbons (Fsp3) is 0.200. The van der Waals surface area contributed by atoms with Crippen LogP contribution in [0, 0.1) is 13.5 Å². The van der Waals surface area contributed by atoms with Crippen molar-refractivity contribution in [1.29, 1.82) is 0 Å². The molecule has 0 fully saturated rings. The molecule has 0 N–H and O–H groups in total. The summed E-state index contributed by atoms with van der Waals surface area (Å²) in [6, 6.07) is 11.9. The molecule has 0 bridgehead atoms. The summed E-state index contributed by atoms with van der Waals surface area (Å²) in [5.74, 6) is 0. The summed E-state index contributed by atoms with van der Waals surface area (Å²) in [6.45, 7) is 10.7. The van der Waals surface area contributed by atoms with Crippen LogP contribution in [0.25, 0.3) is 27.6 Å². The third-order valence-electron chi connectivity index (χ3n) is 5.82. The lowest BCUT2D eigenvalue weighted by molar-refractivity contribution is -0.137. The molecule has 0 aliphatic carbocycles. The summed E-state index contributed by atoms with van der Waals surface area (Å²) in [7, 11) is 1.52. The quantitative estimate of drug-likeness (QED) is 0.362. The van der Waals surface area contributed by atoms with Crippen molar-refractivity contribution in [3.05, 3.63) is 94.0 Å². The van der Waals surface area contributed by atoms with Gasteiger partial charge in [-0.2, -0.15) is 18.3 Å². The van der Waals surface area contributed by atoms with E-state index in [0.717, 1.165) is 21.3 Å². The van der Waals surface area contributed by atoms with Crippen LogP contribution < -0.4 is 5.69 Å². The number of carbonyl (C=O) groups excluding carboxylic acids is 1. The molecule has 4 rings (SSSR count). The summed E-state index contributed by atoms with van der Waals surface area (Å²) in [5, 5.41) is 4.32. The second-order valence-corrected chi connectivity index (χ2v) is 7.99. The first kappa shape index (κ1) is 24.5. The molecule has 0 spiro atoms. The van der Waals surface area contributed by atoms with Crippen molar-refractivity contribution in [3.63, 3.8) is 0 Å².